The standard InChI is InChI=1S/C24H29N5O4S/c1-5-33-20-12-8-18(9-13-20)29-22(17-6-10-19(32-4)11-7-17)27-28-24(29)34-15-21(30)26-23(31)25-14-16(2)3/h6-13,16H,5,14-15H2,1-4H3,(H2,25,26,30,31). The van der Waals surface area contributed by atoms with E-state index in [9.17, 15) is 9.59 Å². The summed E-state index contributed by atoms with van der Waals surface area (Å²) in [4.78, 5) is 24.2. The second kappa shape index (κ2) is 12.1. The smallest absolute Gasteiger partial charge is 0.321 e. The molecule has 3 aromatic rings. The number of benzene rings is 2. The Morgan fingerprint density at radius 2 is 1.71 bits per heavy atom. The summed E-state index contributed by atoms with van der Waals surface area (Å²) in [5.74, 6) is 1.98. The summed E-state index contributed by atoms with van der Waals surface area (Å²) in [6.45, 7) is 6.95. The van der Waals surface area contributed by atoms with Gasteiger partial charge in [0.05, 0.1) is 19.5 Å². The summed E-state index contributed by atoms with van der Waals surface area (Å²) in [6, 6.07) is 14.5. The molecule has 3 rings (SSSR count). The van der Waals surface area contributed by atoms with Crippen molar-refractivity contribution < 1.29 is 19.1 Å². The molecule has 180 valence electrons. The number of nitrogens with one attached hydrogen (secondary N) is 2. The van der Waals surface area contributed by atoms with Crippen LogP contribution < -0.4 is 20.1 Å². The number of carbonyl (C=O) groups excluding carboxylic acids is 2. The Morgan fingerprint density at radius 1 is 1.03 bits per heavy atom. The number of thioether (sulfide) groups is 1. The average molecular weight is 484 g/mol. The summed E-state index contributed by atoms with van der Waals surface area (Å²) in [5.41, 5.74) is 1.66. The first-order valence-electron chi connectivity index (χ1n) is 10.9. The summed E-state index contributed by atoms with van der Waals surface area (Å²) < 4.78 is 12.7. The highest BCUT2D eigenvalue weighted by Gasteiger charge is 2.18. The van der Waals surface area contributed by atoms with Crippen LogP contribution >= 0.6 is 11.8 Å². The van der Waals surface area contributed by atoms with Gasteiger partial charge in [-0.05, 0) is 61.4 Å². The van der Waals surface area contributed by atoms with E-state index < -0.39 is 11.9 Å². The highest BCUT2D eigenvalue weighted by Crippen LogP contribution is 2.29. The van der Waals surface area contributed by atoms with Crippen molar-refractivity contribution in [1.29, 1.82) is 0 Å². The maximum Gasteiger partial charge on any atom is 0.321 e. The van der Waals surface area contributed by atoms with Crippen molar-refractivity contribution in [2.75, 3.05) is 26.0 Å². The van der Waals surface area contributed by atoms with Gasteiger partial charge in [0.15, 0.2) is 11.0 Å². The van der Waals surface area contributed by atoms with Crippen molar-refractivity contribution in [3.63, 3.8) is 0 Å². The second-order valence-electron chi connectivity index (χ2n) is 7.74. The molecular weight excluding hydrogens is 454 g/mol. The minimum absolute atomic E-state index is 0.00682. The van der Waals surface area contributed by atoms with Crippen LogP contribution in [0.4, 0.5) is 4.79 Å². The fourth-order valence-electron chi connectivity index (χ4n) is 3.02. The summed E-state index contributed by atoms with van der Waals surface area (Å²) >= 11 is 1.20. The molecule has 10 heteroatoms. The highest BCUT2D eigenvalue weighted by atomic mass is 32.2. The zero-order valence-corrected chi connectivity index (χ0v) is 20.5. The molecule has 0 saturated heterocycles. The first-order chi connectivity index (χ1) is 16.4. The molecule has 0 aliphatic carbocycles. The molecule has 1 heterocycles. The molecular formula is C24H29N5O4S. The minimum Gasteiger partial charge on any atom is -0.497 e. The van der Waals surface area contributed by atoms with Crippen LogP contribution in [0.15, 0.2) is 53.7 Å². The molecule has 0 saturated carbocycles. The Kier molecular flexibility index (Phi) is 8.92. The lowest BCUT2D eigenvalue weighted by molar-refractivity contribution is -0.117. The van der Waals surface area contributed by atoms with Gasteiger partial charge in [0.2, 0.25) is 5.91 Å². The van der Waals surface area contributed by atoms with Crippen molar-refractivity contribution in [2.24, 2.45) is 5.92 Å². The molecule has 0 spiro atoms. The SMILES string of the molecule is CCOc1ccc(-n2c(SCC(=O)NC(=O)NCC(C)C)nnc2-c2ccc(OC)cc2)cc1. The van der Waals surface area contributed by atoms with E-state index in [1.807, 2.05) is 73.9 Å². The monoisotopic (exact) mass is 483 g/mol. The predicted molar refractivity (Wildman–Crippen MR) is 132 cm³/mol. The molecule has 0 aliphatic heterocycles. The van der Waals surface area contributed by atoms with Gasteiger partial charge in [0.1, 0.15) is 11.5 Å². The number of aromatic nitrogens is 3. The van der Waals surface area contributed by atoms with E-state index in [1.165, 1.54) is 11.8 Å². The maximum absolute atomic E-state index is 12.3. The molecule has 0 fully saturated rings. The third-order valence-corrected chi connectivity index (χ3v) is 5.57. The number of rotatable bonds is 10. The van der Waals surface area contributed by atoms with Crippen LogP contribution in [-0.4, -0.2) is 52.7 Å². The van der Waals surface area contributed by atoms with Gasteiger partial charge in [-0.25, -0.2) is 4.79 Å². The van der Waals surface area contributed by atoms with E-state index in [0.29, 0.717) is 30.1 Å². The molecule has 9 nitrogen and oxygen atoms in total. The third kappa shape index (κ3) is 6.74. The third-order valence-electron chi connectivity index (χ3n) is 4.64. The van der Waals surface area contributed by atoms with Crippen LogP contribution in [0.1, 0.15) is 20.8 Å². The minimum atomic E-state index is -0.508. The molecule has 34 heavy (non-hydrogen) atoms. The predicted octanol–water partition coefficient (Wildman–Crippen LogP) is 3.92. The van der Waals surface area contributed by atoms with E-state index >= 15 is 0 Å². The molecule has 0 bridgehead atoms. The van der Waals surface area contributed by atoms with Gasteiger partial charge in [0, 0.05) is 17.8 Å². The lowest BCUT2D eigenvalue weighted by Gasteiger charge is -2.12. The maximum atomic E-state index is 12.3. The van der Waals surface area contributed by atoms with Crippen LogP contribution in [0.3, 0.4) is 0 Å². The van der Waals surface area contributed by atoms with Gasteiger partial charge in [-0.3, -0.25) is 14.7 Å². The van der Waals surface area contributed by atoms with Gasteiger partial charge in [-0.1, -0.05) is 25.6 Å². The fourth-order valence-corrected chi connectivity index (χ4v) is 3.77. The summed E-state index contributed by atoms with van der Waals surface area (Å²) in [7, 11) is 1.61. The number of urea groups is 1. The Balaban J connectivity index is 1.83. The van der Waals surface area contributed by atoms with Crippen LogP contribution in [0.5, 0.6) is 11.5 Å². The van der Waals surface area contributed by atoms with Gasteiger partial charge in [-0.15, -0.1) is 10.2 Å². The van der Waals surface area contributed by atoms with Crippen molar-refractivity contribution in [3.05, 3.63) is 48.5 Å². The van der Waals surface area contributed by atoms with Crippen molar-refractivity contribution >= 4 is 23.7 Å². The summed E-state index contributed by atoms with van der Waals surface area (Å²) in [6.07, 6.45) is 0. The van der Waals surface area contributed by atoms with E-state index in [2.05, 4.69) is 20.8 Å². The van der Waals surface area contributed by atoms with E-state index in [4.69, 9.17) is 9.47 Å². The van der Waals surface area contributed by atoms with E-state index in [1.54, 1.807) is 7.11 Å². The number of hydrogen-bond acceptors (Lipinski definition) is 7. The zero-order valence-electron chi connectivity index (χ0n) is 19.7. The van der Waals surface area contributed by atoms with Crippen molar-refractivity contribution in [3.8, 4) is 28.6 Å². The number of amides is 3. The van der Waals surface area contributed by atoms with E-state index in [0.717, 1.165) is 22.7 Å². The fraction of sp³-hybridized carbons (Fsp3) is 0.333. The number of imide groups is 1. The lowest BCUT2D eigenvalue weighted by atomic mass is 10.2. The molecule has 0 aliphatic rings. The molecule has 2 N–H and O–H groups in total. The first-order valence-corrected chi connectivity index (χ1v) is 11.9. The number of nitrogens with zero attached hydrogens (tertiary/aromatic N) is 3. The topological polar surface area (TPSA) is 107 Å². The molecule has 0 radical (unpaired) electrons. The Morgan fingerprint density at radius 3 is 2.32 bits per heavy atom. The Bertz CT molecular complexity index is 1100. The van der Waals surface area contributed by atoms with Crippen molar-refractivity contribution in [1.82, 2.24) is 25.4 Å². The average Bonchev–Trinajstić information content (AvgIpc) is 3.26. The van der Waals surface area contributed by atoms with Gasteiger partial charge < -0.3 is 14.8 Å². The van der Waals surface area contributed by atoms with Gasteiger partial charge >= 0.3 is 6.03 Å². The van der Waals surface area contributed by atoms with Gasteiger partial charge in [-0.2, -0.15) is 0 Å². The van der Waals surface area contributed by atoms with Crippen molar-refractivity contribution in [2.45, 2.75) is 25.9 Å². The highest BCUT2D eigenvalue weighted by molar-refractivity contribution is 7.99. The molecule has 0 unspecified atom stereocenters. The molecule has 1 aromatic heterocycles. The van der Waals surface area contributed by atoms with Gasteiger partial charge in [0.25, 0.3) is 0 Å². The lowest BCUT2D eigenvalue weighted by Crippen LogP contribution is -2.41. The normalized spacial score (nSPS) is 10.7. The summed E-state index contributed by atoms with van der Waals surface area (Å²) in [5, 5.41) is 14.2. The first kappa shape index (κ1) is 25.1. The van der Waals surface area contributed by atoms with Crippen LogP contribution in [-0.2, 0) is 4.79 Å². The van der Waals surface area contributed by atoms with E-state index in [-0.39, 0.29) is 5.75 Å². The molecule has 3 amide bonds. The number of hydrogen-bond donors (Lipinski definition) is 2. The zero-order chi connectivity index (χ0) is 24.5. The van der Waals surface area contributed by atoms with Crippen LogP contribution in [0.2, 0.25) is 0 Å². The molecule has 2 aromatic carbocycles. The number of ether oxygens (including phenoxy) is 2. The molecule has 0 atom stereocenters. The Hall–Kier alpha value is -3.53. The van der Waals surface area contributed by atoms with Crippen LogP contribution in [0.25, 0.3) is 17.1 Å². The Labute approximate surface area is 203 Å². The second-order valence-corrected chi connectivity index (χ2v) is 8.68. The number of methoxy groups -OCH3 is 1. The largest absolute Gasteiger partial charge is 0.497 e. The quantitative estimate of drug-likeness (QED) is 0.421. The van der Waals surface area contributed by atoms with Crippen LogP contribution in [0, 0.1) is 5.92 Å². The number of carbonyl (C=O) groups is 2.